The number of fused-ring (bicyclic) bond motifs is 1. The van der Waals surface area contributed by atoms with Gasteiger partial charge in [-0.15, -0.1) is 0 Å². The molecular formula is C26H36O8. The Bertz CT molecular complexity index is 892. The third-order valence-corrected chi connectivity index (χ3v) is 5.76. The Morgan fingerprint density at radius 3 is 2.32 bits per heavy atom. The first-order valence-electron chi connectivity index (χ1n) is 11.4. The molecule has 0 amide bonds. The first-order chi connectivity index (χ1) is 15.9. The predicted molar refractivity (Wildman–Crippen MR) is 125 cm³/mol. The molecule has 188 valence electrons. The number of carbonyl (C=O) groups excluding carboxylic acids is 3. The summed E-state index contributed by atoms with van der Waals surface area (Å²) in [4.78, 5) is 35.8. The van der Waals surface area contributed by atoms with Crippen molar-refractivity contribution >= 4 is 17.9 Å². The Balaban J connectivity index is 2.62. The van der Waals surface area contributed by atoms with Gasteiger partial charge < -0.3 is 24.1 Å². The summed E-state index contributed by atoms with van der Waals surface area (Å²) in [5.41, 5.74) is 3.11. The highest BCUT2D eigenvalue weighted by atomic mass is 16.7. The molecule has 1 heterocycles. The lowest BCUT2D eigenvalue weighted by atomic mass is 9.74. The summed E-state index contributed by atoms with van der Waals surface area (Å²) in [6.07, 6.45) is 2.93. The van der Waals surface area contributed by atoms with Gasteiger partial charge in [-0.3, -0.25) is 14.4 Å². The van der Waals surface area contributed by atoms with Crippen molar-refractivity contribution in [2.45, 2.75) is 85.4 Å². The van der Waals surface area contributed by atoms with Crippen molar-refractivity contribution in [3.8, 4) is 0 Å². The van der Waals surface area contributed by atoms with Crippen molar-refractivity contribution in [1.82, 2.24) is 0 Å². The largest absolute Gasteiger partial charge is 0.462 e. The fourth-order valence-electron chi connectivity index (χ4n) is 4.55. The average molecular weight is 477 g/mol. The standard InChI is InChI=1S/C26H36O8/c1-14(2)10-23(32-17(5)27)25(33-18(6)28)22-13-31-26(34-19(7)29)24-16(4)12-20(30)11-15(3)8-9-21(22)24/h10-11,13,20-21,23-26,30H,4,8-9,12H2,1-3,5-7H3. The quantitative estimate of drug-likeness (QED) is 0.349. The second kappa shape index (κ2) is 12.0. The lowest BCUT2D eigenvalue weighted by Gasteiger charge is -2.41. The van der Waals surface area contributed by atoms with E-state index in [1.165, 1.54) is 27.0 Å². The van der Waals surface area contributed by atoms with Crippen molar-refractivity contribution in [1.29, 1.82) is 0 Å². The monoisotopic (exact) mass is 476 g/mol. The van der Waals surface area contributed by atoms with E-state index in [-0.39, 0.29) is 12.3 Å². The maximum absolute atomic E-state index is 12.1. The Hall–Kier alpha value is -2.87. The van der Waals surface area contributed by atoms with Crippen LogP contribution < -0.4 is 0 Å². The highest BCUT2D eigenvalue weighted by molar-refractivity contribution is 5.68. The minimum Gasteiger partial charge on any atom is -0.462 e. The molecule has 0 aromatic carbocycles. The summed E-state index contributed by atoms with van der Waals surface area (Å²) in [7, 11) is 0. The summed E-state index contributed by atoms with van der Waals surface area (Å²) >= 11 is 0. The van der Waals surface area contributed by atoms with Gasteiger partial charge in [-0.2, -0.15) is 0 Å². The number of aliphatic hydroxyl groups excluding tert-OH is 1. The number of hydrogen-bond acceptors (Lipinski definition) is 8. The molecule has 0 saturated carbocycles. The van der Waals surface area contributed by atoms with Crippen LogP contribution in [0.3, 0.4) is 0 Å². The molecule has 0 bridgehead atoms. The molecule has 1 aliphatic carbocycles. The normalized spacial score (nSPS) is 26.5. The number of ether oxygens (including phenoxy) is 4. The molecule has 2 aliphatic rings. The smallest absolute Gasteiger partial charge is 0.305 e. The van der Waals surface area contributed by atoms with Gasteiger partial charge >= 0.3 is 17.9 Å². The number of carbonyl (C=O) groups is 3. The second-order valence-electron chi connectivity index (χ2n) is 9.19. The van der Waals surface area contributed by atoms with E-state index in [1.807, 2.05) is 20.8 Å². The van der Waals surface area contributed by atoms with Crippen LogP contribution in [0.25, 0.3) is 0 Å². The molecule has 0 fully saturated rings. The zero-order valence-corrected chi connectivity index (χ0v) is 20.8. The number of hydrogen-bond donors (Lipinski definition) is 1. The fourth-order valence-corrected chi connectivity index (χ4v) is 4.55. The molecule has 8 heteroatoms. The first-order valence-corrected chi connectivity index (χ1v) is 11.4. The third kappa shape index (κ3) is 7.58. The Labute approximate surface area is 201 Å². The van der Waals surface area contributed by atoms with Crippen LogP contribution in [0.1, 0.15) is 60.8 Å². The summed E-state index contributed by atoms with van der Waals surface area (Å²) in [6.45, 7) is 13.7. The van der Waals surface area contributed by atoms with E-state index in [4.69, 9.17) is 18.9 Å². The molecule has 0 aromatic heterocycles. The Morgan fingerprint density at radius 2 is 1.76 bits per heavy atom. The van der Waals surface area contributed by atoms with Crippen LogP contribution in [-0.2, 0) is 33.3 Å². The van der Waals surface area contributed by atoms with Gasteiger partial charge in [0.2, 0.25) is 6.29 Å². The highest BCUT2D eigenvalue weighted by Crippen LogP contribution is 2.44. The van der Waals surface area contributed by atoms with E-state index < -0.39 is 48.4 Å². The first kappa shape index (κ1) is 27.4. The van der Waals surface area contributed by atoms with E-state index in [9.17, 15) is 19.5 Å². The third-order valence-electron chi connectivity index (χ3n) is 5.76. The predicted octanol–water partition coefficient (Wildman–Crippen LogP) is 3.90. The molecule has 0 radical (unpaired) electrons. The van der Waals surface area contributed by atoms with E-state index in [0.717, 1.165) is 11.1 Å². The van der Waals surface area contributed by atoms with Crippen molar-refractivity contribution in [2.24, 2.45) is 11.8 Å². The van der Waals surface area contributed by atoms with E-state index in [0.29, 0.717) is 24.0 Å². The molecule has 1 aliphatic heterocycles. The van der Waals surface area contributed by atoms with Gasteiger partial charge in [0, 0.05) is 32.3 Å². The van der Waals surface area contributed by atoms with Gasteiger partial charge in [-0.05, 0) is 46.1 Å². The van der Waals surface area contributed by atoms with Crippen LogP contribution in [0.5, 0.6) is 0 Å². The van der Waals surface area contributed by atoms with Gasteiger partial charge in [0.1, 0.15) is 0 Å². The van der Waals surface area contributed by atoms with E-state index in [1.54, 1.807) is 12.2 Å². The Kier molecular flexibility index (Phi) is 9.67. The van der Waals surface area contributed by atoms with Gasteiger partial charge in [0.25, 0.3) is 0 Å². The lowest BCUT2D eigenvalue weighted by Crippen LogP contribution is -2.45. The molecule has 6 unspecified atom stereocenters. The summed E-state index contributed by atoms with van der Waals surface area (Å²) < 4.78 is 22.5. The lowest BCUT2D eigenvalue weighted by molar-refractivity contribution is -0.182. The molecule has 0 aromatic rings. The summed E-state index contributed by atoms with van der Waals surface area (Å²) in [5.74, 6) is -2.39. The van der Waals surface area contributed by atoms with Crippen molar-refractivity contribution in [3.63, 3.8) is 0 Å². The van der Waals surface area contributed by atoms with Crippen molar-refractivity contribution < 1.29 is 38.4 Å². The highest BCUT2D eigenvalue weighted by Gasteiger charge is 2.45. The summed E-state index contributed by atoms with van der Waals surface area (Å²) in [6, 6.07) is 0. The number of aliphatic hydroxyl groups is 1. The molecule has 6 atom stereocenters. The second-order valence-corrected chi connectivity index (χ2v) is 9.19. The molecule has 0 saturated heterocycles. The summed E-state index contributed by atoms with van der Waals surface area (Å²) in [5, 5.41) is 10.5. The SMILES string of the molecule is C=C1CC(O)C=C(C)CCC2C(C(OC(C)=O)C(C=C(C)C)OC(C)=O)=COC(OC(C)=O)C12. The minimum absolute atomic E-state index is 0.256. The van der Waals surface area contributed by atoms with Crippen molar-refractivity contribution in [3.05, 3.63) is 47.3 Å². The molecule has 8 nitrogen and oxygen atoms in total. The van der Waals surface area contributed by atoms with Crippen LogP contribution in [0.2, 0.25) is 0 Å². The molecule has 2 rings (SSSR count). The maximum atomic E-state index is 12.1. The molecule has 34 heavy (non-hydrogen) atoms. The zero-order valence-electron chi connectivity index (χ0n) is 20.8. The minimum atomic E-state index is -0.954. The fraction of sp³-hybridized carbons (Fsp3) is 0.577. The zero-order chi connectivity index (χ0) is 25.6. The van der Waals surface area contributed by atoms with E-state index in [2.05, 4.69) is 6.58 Å². The van der Waals surface area contributed by atoms with Crippen LogP contribution in [0.15, 0.2) is 47.3 Å². The van der Waals surface area contributed by atoms with Crippen molar-refractivity contribution in [2.75, 3.05) is 0 Å². The van der Waals surface area contributed by atoms with Crippen LogP contribution in [0.4, 0.5) is 0 Å². The van der Waals surface area contributed by atoms with Crippen LogP contribution in [0, 0.1) is 11.8 Å². The van der Waals surface area contributed by atoms with Gasteiger partial charge in [-0.25, -0.2) is 0 Å². The van der Waals surface area contributed by atoms with Crippen LogP contribution in [-0.4, -0.2) is 47.6 Å². The Morgan fingerprint density at radius 1 is 1.12 bits per heavy atom. The topological polar surface area (TPSA) is 108 Å². The molecular weight excluding hydrogens is 440 g/mol. The molecule has 1 N–H and O–H groups in total. The van der Waals surface area contributed by atoms with Crippen LogP contribution >= 0.6 is 0 Å². The maximum Gasteiger partial charge on any atom is 0.305 e. The van der Waals surface area contributed by atoms with Gasteiger partial charge in [0.05, 0.1) is 18.3 Å². The van der Waals surface area contributed by atoms with Gasteiger partial charge in [-0.1, -0.05) is 29.4 Å². The average Bonchev–Trinajstić information content (AvgIpc) is 2.73. The van der Waals surface area contributed by atoms with E-state index >= 15 is 0 Å². The number of esters is 3. The molecule has 0 spiro atoms. The van der Waals surface area contributed by atoms with Gasteiger partial charge in [0.15, 0.2) is 12.2 Å². The number of allylic oxidation sites excluding steroid dienone is 2. The number of rotatable bonds is 6.